The Morgan fingerprint density at radius 3 is 2.26 bits per heavy atom. The molecule has 2 saturated heterocycles. The van der Waals surface area contributed by atoms with Crippen molar-refractivity contribution < 1.29 is 23.2 Å². The average molecular weight is 377 g/mol. The van der Waals surface area contributed by atoms with Gasteiger partial charge in [0.2, 0.25) is 0 Å². The molecule has 2 aliphatic rings. The van der Waals surface area contributed by atoms with E-state index in [2.05, 4.69) is 0 Å². The number of carbonyl (C=O) groups is 1. The molecule has 0 saturated carbocycles. The van der Waals surface area contributed by atoms with Gasteiger partial charge in [-0.1, -0.05) is 6.07 Å². The Kier molecular flexibility index (Phi) is 4.84. The van der Waals surface area contributed by atoms with Crippen LogP contribution in [0, 0.1) is 5.82 Å². The lowest BCUT2D eigenvalue weighted by molar-refractivity contribution is 0.00578. The molecule has 0 radical (unpaired) electrons. The van der Waals surface area contributed by atoms with E-state index in [0.717, 1.165) is 11.0 Å². The number of nitrogens with zero attached hydrogens (tertiary/aromatic N) is 1. The van der Waals surface area contributed by atoms with Gasteiger partial charge in [0.25, 0.3) is 0 Å². The Bertz CT molecular complexity index is 722. The third-order valence-electron chi connectivity index (χ3n) is 5.53. The summed E-state index contributed by atoms with van der Waals surface area (Å²) >= 11 is 0. The first kappa shape index (κ1) is 20.1. The molecule has 27 heavy (non-hydrogen) atoms. The smallest absolute Gasteiger partial charge is 0.444 e. The van der Waals surface area contributed by atoms with Gasteiger partial charge in [-0.15, -0.1) is 0 Å². The second kappa shape index (κ2) is 6.48. The topological polar surface area (TPSA) is 48.0 Å². The highest BCUT2D eigenvalue weighted by molar-refractivity contribution is 6.62. The molecule has 1 aromatic rings. The van der Waals surface area contributed by atoms with Crippen molar-refractivity contribution in [2.75, 3.05) is 13.1 Å². The monoisotopic (exact) mass is 377 g/mol. The first-order valence-electron chi connectivity index (χ1n) is 9.42. The Balaban J connectivity index is 1.77. The van der Waals surface area contributed by atoms with Gasteiger partial charge >= 0.3 is 13.2 Å². The molecule has 0 aliphatic carbocycles. The number of hydrogen-bond acceptors (Lipinski definition) is 4. The number of halogens is 1. The van der Waals surface area contributed by atoms with Crippen LogP contribution in [0.1, 0.15) is 59.9 Å². The Morgan fingerprint density at radius 2 is 1.74 bits per heavy atom. The maximum absolute atomic E-state index is 14.0. The van der Waals surface area contributed by atoms with Gasteiger partial charge in [-0.3, -0.25) is 0 Å². The van der Waals surface area contributed by atoms with Crippen LogP contribution in [0.5, 0.6) is 0 Å². The average Bonchev–Trinajstić information content (AvgIpc) is 2.63. The van der Waals surface area contributed by atoms with E-state index in [0.29, 0.717) is 13.1 Å². The van der Waals surface area contributed by atoms with Crippen LogP contribution in [0.4, 0.5) is 9.18 Å². The summed E-state index contributed by atoms with van der Waals surface area (Å²) in [5.41, 5.74) is 0.184. The minimum Gasteiger partial charge on any atom is -0.444 e. The van der Waals surface area contributed by atoms with Crippen molar-refractivity contribution in [2.45, 2.75) is 71.2 Å². The molecule has 2 aliphatic heterocycles. The zero-order chi connectivity index (χ0) is 20.2. The first-order chi connectivity index (χ1) is 12.3. The van der Waals surface area contributed by atoms with Gasteiger partial charge in [0.15, 0.2) is 0 Å². The quantitative estimate of drug-likeness (QED) is 0.741. The van der Waals surface area contributed by atoms with Crippen LogP contribution in [-0.4, -0.2) is 48.0 Å². The summed E-state index contributed by atoms with van der Waals surface area (Å²) in [5.74, 6) is -0.275. The number of carbonyl (C=O) groups excluding carboxylic acids is 1. The molecule has 2 fully saturated rings. The van der Waals surface area contributed by atoms with Gasteiger partial charge < -0.3 is 18.9 Å². The van der Waals surface area contributed by atoms with Crippen molar-refractivity contribution in [3.8, 4) is 0 Å². The molecule has 0 spiro atoms. The lowest BCUT2D eigenvalue weighted by Gasteiger charge is -2.40. The molecule has 7 heteroatoms. The SMILES string of the molecule is CC(C)(C)OC(=O)N1CC(c2cc(F)ccc2B2OC(C)(C)C(C)(C)O2)C1. The van der Waals surface area contributed by atoms with E-state index in [1.807, 2.05) is 48.5 Å². The largest absolute Gasteiger partial charge is 0.495 e. The number of rotatable bonds is 2. The summed E-state index contributed by atoms with van der Waals surface area (Å²) in [7, 11) is -0.554. The second-order valence-electron chi connectivity index (χ2n) is 9.44. The van der Waals surface area contributed by atoms with Gasteiger partial charge in [0.05, 0.1) is 11.2 Å². The fraction of sp³-hybridized carbons (Fsp3) is 0.650. The van der Waals surface area contributed by atoms with Gasteiger partial charge in [-0.05, 0) is 71.6 Å². The van der Waals surface area contributed by atoms with Gasteiger partial charge in [0.1, 0.15) is 11.4 Å². The normalized spacial score (nSPS) is 21.9. The van der Waals surface area contributed by atoms with Crippen LogP contribution >= 0.6 is 0 Å². The molecular weight excluding hydrogens is 348 g/mol. The molecular formula is C20H29BFNO4. The number of ether oxygens (including phenoxy) is 1. The lowest BCUT2D eigenvalue weighted by Crippen LogP contribution is -2.52. The molecule has 5 nitrogen and oxygen atoms in total. The number of amides is 1. The molecule has 1 amide bonds. The minimum atomic E-state index is -0.554. The van der Waals surface area contributed by atoms with Crippen LogP contribution in [0.15, 0.2) is 18.2 Å². The van der Waals surface area contributed by atoms with Crippen LogP contribution in [0.25, 0.3) is 0 Å². The van der Waals surface area contributed by atoms with Crippen LogP contribution in [0.3, 0.4) is 0 Å². The molecule has 0 bridgehead atoms. The predicted molar refractivity (Wildman–Crippen MR) is 103 cm³/mol. The van der Waals surface area contributed by atoms with Crippen molar-refractivity contribution in [3.05, 3.63) is 29.6 Å². The minimum absolute atomic E-state index is 0.0299. The van der Waals surface area contributed by atoms with Gasteiger partial charge in [0, 0.05) is 19.0 Å². The van der Waals surface area contributed by atoms with Crippen molar-refractivity contribution in [3.63, 3.8) is 0 Å². The molecule has 1 aromatic carbocycles. The Morgan fingerprint density at radius 1 is 1.19 bits per heavy atom. The summed E-state index contributed by atoms with van der Waals surface area (Å²) in [4.78, 5) is 13.8. The van der Waals surface area contributed by atoms with Gasteiger partial charge in [-0.2, -0.15) is 0 Å². The van der Waals surface area contributed by atoms with Crippen molar-refractivity contribution in [2.24, 2.45) is 0 Å². The van der Waals surface area contributed by atoms with E-state index >= 15 is 0 Å². The van der Waals surface area contributed by atoms with E-state index < -0.39 is 23.9 Å². The maximum Gasteiger partial charge on any atom is 0.495 e. The molecule has 2 heterocycles. The van der Waals surface area contributed by atoms with Crippen LogP contribution < -0.4 is 5.46 Å². The fourth-order valence-corrected chi connectivity index (χ4v) is 3.23. The summed E-state index contributed by atoms with van der Waals surface area (Å²) in [6, 6.07) is 4.68. The Hall–Kier alpha value is -1.60. The number of hydrogen-bond donors (Lipinski definition) is 0. The van der Waals surface area contributed by atoms with Gasteiger partial charge in [-0.25, -0.2) is 9.18 Å². The zero-order valence-corrected chi connectivity index (χ0v) is 17.3. The van der Waals surface area contributed by atoms with Crippen molar-refractivity contribution in [1.82, 2.24) is 4.90 Å². The molecule has 148 valence electrons. The summed E-state index contributed by atoms with van der Waals surface area (Å²) in [6.45, 7) is 14.5. The van der Waals surface area contributed by atoms with Crippen molar-refractivity contribution in [1.29, 1.82) is 0 Å². The van der Waals surface area contributed by atoms with E-state index in [-0.39, 0.29) is 17.8 Å². The van der Waals surface area contributed by atoms with Crippen LogP contribution in [-0.2, 0) is 14.0 Å². The predicted octanol–water partition coefficient (Wildman–Crippen LogP) is 3.46. The second-order valence-corrected chi connectivity index (χ2v) is 9.44. The highest BCUT2D eigenvalue weighted by Crippen LogP contribution is 2.38. The highest BCUT2D eigenvalue weighted by atomic mass is 19.1. The first-order valence-corrected chi connectivity index (χ1v) is 9.42. The third-order valence-corrected chi connectivity index (χ3v) is 5.53. The fourth-order valence-electron chi connectivity index (χ4n) is 3.23. The van der Waals surface area contributed by atoms with E-state index in [4.69, 9.17) is 14.0 Å². The van der Waals surface area contributed by atoms with E-state index in [1.54, 1.807) is 11.0 Å². The molecule has 0 N–H and O–H groups in total. The van der Waals surface area contributed by atoms with E-state index in [9.17, 15) is 9.18 Å². The molecule has 0 aromatic heterocycles. The number of benzene rings is 1. The van der Waals surface area contributed by atoms with E-state index in [1.165, 1.54) is 12.1 Å². The molecule has 0 atom stereocenters. The van der Waals surface area contributed by atoms with Crippen LogP contribution in [0.2, 0.25) is 0 Å². The highest BCUT2D eigenvalue weighted by Gasteiger charge is 2.52. The third kappa shape index (κ3) is 3.99. The Labute approximate surface area is 161 Å². The molecule has 0 unspecified atom stereocenters. The maximum atomic E-state index is 14.0. The summed E-state index contributed by atoms with van der Waals surface area (Å²) < 4.78 is 31.6. The standard InChI is InChI=1S/C20H29BFNO4/c1-18(2,3)25-17(24)23-11-13(12-23)15-10-14(22)8-9-16(15)21-26-19(4,5)20(6,7)27-21/h8-10,13H,11-12H2,1-7H3. The molecule has 3 rings (SSSR count). The summed E-state index contributed by atoms with van der Waals surface area (Å²) in [5, 5.41) is 0. The zero-order valence-electron chi connectivity index (χ0n) is 17.3. The number of likely N-dealkylation sites (tertiary alicyclic amines) is 1. The lowest BCUT2D eigenvalue weighted by atomic mass is 9.71. The summed E-state index contributed by atoms with van der Waals surface area (Å²) in [6.07, 6.45) is -0.340. The van der Waals surface area contributed by atoms with Crippen molar-refractivity contribution >= 4 is 18.7 Å².